The van der Waals surface area contributed by atoms with Crippen LogP contribution in [0.2, 0.25) is 0 Å². The molecule has 0 saturated carbocycles. The Kier molecular flexibility index (Phi) is 5.35. The van der Waals surface area contributed by atoms with Gasteiger partial charge in [0.05, 0.1) is 12.3 Å². The zero-order valence-electron chi connectivity index (χ0n) is 12.5. The number of amides is 2. The molecule has 1 heterocycles. The van der Waals surface area contributed by atoms with Gasteiger partial charge in [-0.15, -0.1) is 0 Å². The first kappa shape index (κ1) is 15.8. The quantitative estimate of drug-likeness (QED) is 0.833. The van der Waals surface area contributed by atoms with Crippen LogP contribution in [0.5, 0.6) is 5.75 Å². The number of nitrogens with zero attached hydrogens (tertiary/aromatic N) is 2. The Balaban J connectivity index is 1.67. The van der Waals surface area contributed by atoms with Gasteiger partial charge in [-0.25, -0.2) is 9.18 Å². The molecule has 0 fully saturated rings. The van der Waals surface area contributed by atoms with Crippen LogP contribution in [-0.2, 0) is 0 Å². The van der Waals surface area contributed by atoms with Gasteiger partial charge in [-0.1, -0.05) is 5.16 Å². The molecule has 0 saturated heterocycles. The van der Waals surface area contributed by atoms with Crippen molar-refractivity contribution < 1.29 is 18.4 Å². The zero-order valence-corrected chi connectivity index (χ0v) is 12.5. The Morgan fingerprint density at radius 2 is 2.14 bits per heavy atom. The highest BCUT2D eigenvalue weighted by molar-refractivity contribution is 5.87. The molecule has 6 nitrogen and oxygen atoms in total. The monoisotopic (exact) mass is 307 g/mol. The highest BCUT2D eigenvalue weighted by atomic mass is 19.1. The van der Waals surface area contributed by atoms with Gasteiger partial charge < -0.3 is 14.2 Å². The van der Waals surface area contributed by atoms with E-state index in [1.807, 2.05) is 0 Å². The number of benzene rings is 1. The van der Waals surface area contributed by atoms with Crippen molar-refractivity contribution in [3.63, 3.8) is 0 Å². The molecule has 0 bridgehead atoms. The van der Waals surface area contributed by atoms with Crippen LogP contribution >= 0.6 is 0 Å². The molecule has 2 rings (SSSR count). The average molecular weight is 307 g/mol. The molecule has 2 aromatic rings. The first-order valence-electron chi connectivity index (χ1n) is 6.88. The number of aryl methyl sites for hydroxylation is 1. The molecule has 0 radical (unpaired) electrons. The van der Waals surface area contributed by atoms with Gasteiger partial charge in [0, 0.05) is 19.7 Å². The molecule has 0 aliphatic heterocycles. The Labute approximate surface area is 127 Å². The van der Waals surface area contributed by atoms with Gasteiger partial charge in [-0.3, -0.25) is 5.32 Å². The lowest BCUT2D eigenvalue weighted by Crippen LogP contribution is -2.32. The summed E-state index contributed by atoms with van der Waals surface area (Å²) in [6.45, 7) is 2.72. The van der Waals surface area contributed by atoms with E-state index in [0.29, 0.717) is 36.9 Å². The maximum Gasteiger partial charge on any atom is 0.323 e. The summed E-state index contributed by atoms with van der Waals surface area (Å²) in [5.41, 5.74) is 0.700. The normalized spacial score (nSPS) is 10.3. The summed E-state index contributed by atoms with van der Waals surface area (Å²) in [5.74, 6) is 0.619. The number of carbonyl (C=O) groups is 1. The number of aromatic nitrogens is 1. The SMILES string of the molecule is Cc1cc(NC(=O)N(C)CCCOc2ccc(F)cc2)on1. The summed E-state index contributed by atoms with van der Waals surface area (Å²) >= 11 is 0. The van der Waals surface area contributed by atoms with Crippen molar-refractivity contribution in [1.29, 1.82) is 0 Å². The van der Waals surface area contributed by atoms with E-state index >= 15 is 0 Å². The Hall–Kier alpha value is -2.57. The minimum atomic E-state index is -0.300. The fourth-order valence-electron chi connectivity index (χ4n) is 1.75. The lowest BCUT2D eigenvalue weighted by atomic mass is 10.3. The van der Waals surface area contributed by atoms with Crippen molar-refractivity contribution >= 4 is 11.9 Å². The predicted molar refractivity (Wildman–Crippen MR) is 79.4 cm³/mol. The number of carbonyl (C=O) groups excluding carboxylic acids is 1. The van der Waals surface area contributed by atoms with E-state index in [0.717, 1.165) is 0 Å². The molecule has 0 atom stereocenters. The van der Waals surface area contributed by atoms with Crippen molar-refractivity contribution in [1.82, 2.24) is 10.1 Å². The summed E-state index contributed by atoms with van der Waals surface area (Å²) in [6, 6.07) is 7.18. The fraction of sp³-hybridized carbons (Fsp3) is 0.333. The largest absolute Gasteiger partial charge is 0.494 e. The van der Waals surface area contributed by atoms with Crippen LogP contribution in [0.1, 0.15) is 12.1 Å². The van der Waals surface area contributed by atoms with E-state index < -0.39 is 0 Å². The van der Waals surface area contributed by atoms with Gasteiger partial charge in [0.15, 0.2) is 0 Å². The van der Waals surface area contributed by atoms with Crippen LogP contribution in [0.25, 0.3) is 0 Å². The van der Waals surface area contributed by atoms with Crippen molar-refractivity contribution in [3.8, 4) is 5.75 Å². The number of hydrogen-bond donors (Lipinski definition) is 1. The minimum absolute atomic E-state index is 0.280. The summed E-state index contributed by atoms with van der Waals surface area (Å²) in [6.07, 6.45) is 0.650. The number of hydrogen-bond acceptors (Lipinski definition) is 4. The Morgan fingerprint density at radius 3 is 2.77 bits per heavy atom. The second-order valence-electron chi connectivity index (χ2n) is 4.84. The fourth-order valence-corrected chi connectivity index (χ4v) is 1.75. The molecular weight excluding hydrogens is 289 g/mol. The van der Waals surface area contributed by atoms with Crippen LogP contribution in [-0.4, -0.2) is 36.3 Å². The number of halogens is 1. The maximum atomic E-state index is 12.7. The summed E-state index contributed by atoms with van der Waals surface area (Å²) in [4.78, 5) is 13.4. The number of nitrogens with one attached hydrogen (secondary N) is 1. The molecule has 0 aliphatic carbocycles. The van der Waals surface area contributed by atoms with E-state index in [2.05, 4.69) is 10.5 Å². The van der Waals surface area contributed by atoms with Crippen LogP contribution in [0.15, 0.2) is 34.9 Å². The third-order valence-corrected chi connectivity index (χ3v) is 2.93. The lowest BCUT2D eigenvalue weighted by Gasteiger charge is -2.16. The second-order valence-corrected chi connectivity index (χ2v) is 4.84. The first-order valence-corrected chi connectivity index (χ1v) is 6.88. The van der Waals surface area contributed by atoms with Crippen LogP contribution in [0, 0.1) is 12.7 Å². The molecule has 7 heteroatoms. The molecule has 0 aliphatic rings. The minimum Gasteiger partial charge on any atom is -0.494 e. The standard InChI is InChI=1S/C15H18FN3O3/c1-11-10-14(22-18-11)17-15(20)19(2)8-3-9-21-13-6-4-12(16)5-7-13/h4-7,10H,3,8-9H2,1-2H3,(H,17,20). The van der Waals surface area contributed by atoms with Gasteiger partial charge in [0.1, 0.15) is 11.6 Å². The van der Waals surface area contributed by atoms with Gasteiger partial charge in [-0.05, 0) is 37.6 Å². The average Bonchev–Trinajstić information content (AvgIpc) is 2.90. The number of anilines is 1. The van der Waals surface area contributed by atoms with E-state index in [1.54, 1.807) is 32.2 Å². The van der Waals surface area contributed by atoms with Crippen LogP contribution < -0.4 is 10.1 Å². The molecular formula is C15H18FN3O3. The van der Waals surface area contributed by atoms with Crippen molar-refractivity contribution in [2.45, 2.75) is 13.3 Å². The summed E-state index contributed by atoms with van der Waals surface area (Å²) in [7, 11) is 1.68. The second kappa shape index (κ2) is 7.44. The Morgan fingerprint density at radius 1 is 1.41 bits per heavy atom. The highest BCUT2D eigenvalue weighted by Crippen LogP contribution is 2.11. The molecule has 1 aromatic carbocycles. The van der Waals surface area contributed by atoms with Gasteiger partial charge in [0.2, 0.25) is 5.88 Å². The van der Waals surface area contributed by atoms with E-state index in [9.17, 15) is 9.18 Å². The molecule has 0 unspecified atom stereocenters. The smallest absolute Gasteiger partial charge is 0.323 e. The maximum absolute atomic E-state index is 12.7. The molecule has 1 N–H and O–H groups in total. The summed E-state index contributed by atoms with van der Waals surface area (Å²) < 4.78 is 23.1. The van der Waals surface area contributed by atoms with Crippen LogP contribution in [0.3, 0.4) is 0 Å². The molecule has 118 valence electrons. The molecule has 22 heavy (non-hydrogen) atoms. The van der Waals surface area contributed by atoms with Crippen molar-refractivity contribution in [2.24, 2.45) is 0 Å². The van der Waals surface area contributed by atoms with Gasteiger partial charge in [-0.2, -0.15) is 0 Å². The molecule has 1 aromatic heterocycles. The van der Waals surface area contributed by atoms with Gasteiger partial charge in [0.25, 0.3) is 0 Å². The molecule has 2 amide bonds. The molecule has 0 spiro atoms. The van der Waals surface area contributed by atoms with Crippen molar-refractivity contribution in [3.05, 3.63) is 41.8 Å². The van der Waals surface area contributed by atoms with E-state index in [-0.39, 0.29) is 11.8 Å². The first-order chi connectivity index (χ1) is 10.5. The number of ether oxygens (including phenoxy) is 1. The zero-order chi connectivity index (χ0) is 15.9. The van der Waals surface area contributed by atoms with E-state index in [1.165, 1.54) is 17.0 Å². The van der Waals surface area contributed by atoms with Gasteiger partial charge >= 0.3 is 6.03 Å². The predicted octanol–water partition coefficient (Wildman–Crippen LogP) is 3.05. The summed E-state index contributed by atoms with van der Waals surface area (Å²) in [5, 5.41) is 6.29. The third-order valence-electron chi connectivity index (χ3n) is 2.93. The van der Waals surface area contributed by atoms with E-state index in [4.69, 9.17) is 9.26 Å². The lowest BCUT2D eigenvalue weighted by molar-refractivity contribution is 0.215. The number of urea groups is 1. The van der Waals surface area contributed by atoms with Crippen molar-refractivity contribution in [2.75, 3.05) is 25.5 Å². The highest BCUT2D eigenvalue weighted by Gasteiger charge is 2.11. The number of rotatable bonds is 6. The third kappa shape index (κ3) is 4.76. The van der Waals surface area contributed by atoms with Crippen LogP contribution in [0.4, 0.5) is 15.1 Å². The Bertz CT molecular complexity index is 613. The topological polar surface area (TPSA) is 67.6 Å².